The number of ether oxygens (including phenoxy) is 1. The van der Waals surface area contributed by atoms with Gasteiger partial charge in [-0.25, -0.2) is 4.79 Å². The lowest BCUT2D eigenvalue weighted by Gasteiger charge is -2.15. The van der Waals surface area contributed by atoms with Crippen LogP contribution in [0.1, 0.15) is 35.5 Å². The molecule has 0 bridgehead atoms. The number of aryl methyl sites for hydroxylation is 2. The van der Waals surface area contributed by atoms with Crippen molar-refractivity contribution in [2.45, 2.75) is 33.2 Å². The predicted molar refractivity (Wildman–Crippen MR) is 92.5 cm³/mol. The van der Waals surface area contributed by atoms with E-state index in [4.69, 9.17) is 9.84 Å². The molecule has 2 aromatic rings. The van der Waals surface area contributed by atoms with E-state index in [-0.39, 0.29) is 25.0 Å². The van der Waals surface area contributed by atoms with Gasteiger partial charge in [0.15, 0.2) is 6.61 Å². The summed E-state index contributed by atoms with van der Waals surface area (Å²) in [4.78, 5) is 22.8. The monoisotopic (exact) mass is 345 g/mol. The summed E-state index contributed by atoms with van der Waals surface area (Å²) in [6, 6.07) is 6.83. The first-order chi connectivity index (χ1) is 11.8. The number of hydrogen-bond donors (Lipinski definition) is 2. The van der Waals surface area contributed by atoms with Gasteiger partial charge < -0.3 is 15.2 Å². The molecule has 0 fully saturated rings. The highest BCUT2D eigenvalue weighted by molar-refractivity contribution is 5.79. The number of nitrogens with one attached hydrogen (secondary N) is 1. The third-order valence-electron chi connectivity index (χ3n) is 4.12. The molecule has 1 atom stereocenters. The Bertz CT molecular complexity index is 765. The molecule has 2 N–H and O–H groups in total. The molecule has 7 heteroatoms. The third-order valence-corrected chi connectivity index (χ3v) is 4.12. The molecule has 0 radical (unpaired) electrons. The van der Waals surface area contributed by atoms with Gasteiger partial charge in [-0.2, -0.15) is 5.10 Å². The summed E-state index contributed by atoms with van der Waals surface area (Å²) in [5, 5.41) is 15.9. The summed E-state index contributed by atoms with van der Waals surface area (Å²) >= 11 is 0. The van der Waals surface area contributed by atoms with E-state index in [9.17, 15) is 9.59 Å². The van der Waals surface area contributed by atoms with Crippen molar-refractivity contribution in [3.8, 4) is 5.75 Å². The number of rotatable bonds is 7. The highest BCUT2D eigenvalue weighted by Gasteiger charge is 2.15. The maximum Gasteiger partial charge on any atom is 0.341 e. The Kier molecular flexibility index (Phi) is 5.80. The largest absolute Gasteiger partial charge is 0.482 e. The molecular weight excluding hydrogens is 322 g/mol. The number of carboxylic acids is 1. The van der Waals surface area contributed by atoms with Crippen molar-refractivity contribution in [2.24, 2.45) is 7.05 Å². The van der Waals surface area contributed by atoms with Gasteiger partial charge in [-0.15, -0.1) is 0 Å². The van der Waals surface area contributed by atoms with E-state index in [0.717, 1.165) is 22.5 Å². The maximum atomic E-state index is 12.3. The van der Waals surface area contributed by atoms with E-state index >= 15 is 0 Å². The van der Waals surface area contributed by atoms with E-state index in [1.54, 1.807) is 16.8 Å². The van der Waals surface area contributed by atoms with Crippen LogP contribution < -0.4 is 10.1 Å². The molecular formula is C18H23N3O4. The lowest BCUT2D eigenvalue weighted by atomic mass is 10.1. The smallest absolute Gasteiger partial charge is 0.341 e. The summed E-state index contributed by atoms with van der Waals surface area (Å²) < 4.78 is 6.87. The molecule has 134 valence electrons. The van der Waals surface area contributed by atoms with Crippen molar-refractivity contribution >= 4 is 11.9 Å². The van der Waals surface area contributed by atoms with Gasteiger partial charge in [-0.05, 0) is 38.5 Å². The Labute approximate surface area is 146 Å². The van der Waals surface area contributed by atoms with Crippen LogP contribution in [0.2, 0.25) is 0 Å². The second kappa shape index (κ2) is 7.83. The van der Waals surface area contributed by atoms with Gasteiger partial charge >= 0.3 is 5.97 Å². The summed E-state index contributed by atoms with van der Waals surface area (Å²) in [7, 11) is 1.86. The van der Waals surface area contributed by atoms with Crippen molar-refractivity contribution in [1.29, 1.82) is 0 Å². The molecule has 25 heavy (non-hydrogen) atoms. The normalized spacial score (nSPS) is 11.8. The first-order valence-electron chi connectivity index (χ1n) is 8.01. The number of aliphatic carboxylic acids is 1. The van der Waals surface area contributed by atoms with Crippen LogP contribution in [-0.2, 0) is 23.1 Å². The van der Waals surface area contributed by atoms with E-state index in [1.165, 1.54) is 0 Å². The number of nitrogens with zero attached hydrogens (tertiary/aromatic N) is 2. The van der Waals surface area contributed by atoms with Crippen LogP contribution in [0.5, 0.6) is 5.75 Å². The zero-order chi connectivity index (χ0) is 18.6. The average Bonchev–Trinajstić information content (AvgIpc) is 2.79. The van der Waals surface area contributed by atoms with Crippen molar-refractivity contribution < 1.29 is 19.4 Å². The second-order valence-corrected chi connectivity index (χ2v) is 5.99. The fraction of sp³-hybridized carbons (Fsp3) is 0.389. The fourth-order valence-electron chi connectivity index (χ4n) is 2.61. The van der Waals surface area contributed by atoms with Crippen molar-refractivity contribution in [2.75, 3.05) is 6.61 Å². The van der Waals surface area contributed by atoms with E-state index in [0.29, 0.717) is 5.75 Å². The number of carbonyl (C=O) groups excluding carboxylic acids is 1. The average molecular weight is 345 g/mol. The Morgan fingerprint density at radius 2 is 1.92 bits per heavy atom. The quantitative estimate of drug-likeness (QED) is 0.800. The van der Waals surface area contributed by atoms with Crippen LogP contribution in [-0.4, -0.2) is 33.4 Å². The number of hydrogen-bond acceptors (Lipinski definition) is 4. The molecule has 0 saturated heterocycles. The molecule has 1 amide bonds. The lowest BCUT2D eigenvalue weighted by molar-refractivity contribution is -0.139. The van der Waals surface area contributed by atoms with E-state index in [1.807, 2.05) is 40.0 Å². The number of amides is 1. The third kappa shape index (κ3) is 4.82. The molecule has 0 aliphatic carbocycles. The lowest BCUT2D eigenvalue weighted by Crippen LogP contribution is -2.28. The number of aromatic nitrogens is 2. The Morgan fingerprint density at radius 1 is 1.28 bits per heavy atom. The van der Waals surface area contributed by atoms with Gasteiger partial charge in [-0.1, -0.05) is 12.1 Å². The summed E-state index contributed by atoms with van der Waals surface area (Å²) in [6.45, 7) is 5.36. The van der Waals surface area contributed by atoms with Crippen LogP contribution in [0.3, 0.4) is 0 Å². The van der Waals surface area contributed by atoms with Crippen molar-refractivity contribution in [1.82, 2.24) is 15.1 Å². The van der Waals surface area contributed by atoms with Crippen LogP contribution in [0.15, 0.2) is 24.3 Å². The molecule has 1 aromatic carbocycles. The number of carbonyl (C=O) groups is 2. The van der Waals surface area contributed by atoms with Gasteiger partial charge in [0.05, 0.1) is 18.2 Å². The zero-order valence-electron chi connectivity index (χ0n) is 14.9. The highest BCUT2D eigenvalue weighted by Crippen LogP contribution is 2.18. The Hall–Kier alpha value is -2.83. The molecule has 1 aromatic heterocycles. The van der Waals surface area contributed by atoms with Crippen LogP contribution in [0, 0.1) is 13.8 Å². The number of benzene rings is 1. The van der Waals surface area contributed by atoms with Crippen LogP contribution in [0.4, 0.5) is 0 Å². The van der Waals surface area contributed by atoms with Crippen LogP contribution in [0.25, 0.3) is 0 Å². The minimum atomic E-state index is -1.02. The molecule has 0 spiro atoms. The van der Waals surface area contributed by atoms with Gasteiger partial charge in [0.25, 0.3) is 0 Å². The van der Waals surface area contributed by atoms with Crippen LogP contribution >= 0.6 is 0 Å². The molecule has 0 saturated carbocycles. The topological polar surface area (TPSA) is 93.5 Å². The molecule has 0 aliphatic heterocycles. The molecule has 0 aliphatic rings. The summed E-state index contributed by atoms with van der Waals surface area (Å²) in [5.41, 5.74) is 3.71. The highest BCUT2D eigenvalue weighted by atomic mass is 16.5. The number of carboxylic acid groups (broad SMARTS) is 1. The van der Waals surface area contributed by atoms with Crippen molar-refractivity contribution in [3.63, 3.8) is 0 Å². The first-order valence-corrected chi connectivity index (χ1v) is 8.01. The van der Waals surface area contributed by atoms with Crippen molar-refractivity contribution in [3.05, 3.63) is 46.8 Å². The Balaban J connectivity index is 1.95. The SMILES string of the molecule is Cc1nn(C)c(C)c1CC(=O)NC(C)c1ccc(OCC(=O)O)cc1. The van der Waals surface area contributed by atoms with Gasteiger partial charge in [0.1, 0.15) is 5.75 Å². The van der Waals surface area contributed by atoms with Gasteiger partial charge in [0.2, 0.25) is 5.91 Å². The summed E-state index contributed by atoms with van der Waals surface area (Å²) in [5.74, 6) is -0.616. The Morgan fingerprint density at radius 3 is 2.44 bits per heavy atom. The molecule has 1 unspecified atom stereocenters. The maximum absolute atomic E-state index is 12.3. The van der Waals surface area contributed by atoms with Gasteiger partial charge in [-0.3, -0.25) is 9.48 Å². The van der Waals surface area contributed by atoms with E-state index in [2.05, 4.69) is 10.4 Å². The zero-order valence-corrected chi connectivity index (χ0v) is 14.9. The minimum Gasteiger partial charge on any atom is -0.482 e. The molecule has 1 heterocycles. The predicted octanol–water partition coefficient (Wildman–Crippen LogP) is 1.92. The van der Waals surface area contributed by atoms with Gasteiger partial charge in [0, 0.05) is 18.3 Å². The minimum absolute atomic E-state index is 0.0714. The first kappa shape index (κ1) is 18.5. The second-order valence-electron chi connectivity index (χ2n) is 5.99. The summed E-state index contributed by atoms with van der Waals surface area (Å²) in [6.07, 6.45) is 0.287. The molecule has 7 nitrogen and oxygen atoms in total. The fourth-order valence-corrected chi connectivity index (χ4v) is 2.61. The standard InChI is InChI=1S/C18H23N3O4/c1-11(14-5-7-15(8-6-14)25-10-18(23)24)19-17(22)9-16-12(2)20-21(4)13(16)3/h5-8,11H,9-10H2,1-4H3,(H,19,22)(H,23,24). The molecule has 2 rings (SSSR count). The van der Waals surface area contributed by atoms with E-state index < -0.39 is 5.97 Å².